The first-order valence-electron chi connectivity index (χ1n) is 16.8. The molecule has 276 valence electrons. The van der Waals surface area contributed by atoms with Crippen molar-refractivity contribution in [2.45, 2.75) is 50.2 Å². The van der Waals surface area contributed by atoms with E-state index >= 15 is 17.6 Å². The van der Waals surface area contributed by atoms with Crippen LogP contribution >= 0.6 is 11.3 Å². The summed E-state index contributed by atoms with van der Waals surface area (Å²) in [6.07, 6.45) is -3.12. The van der Waals surface area contributed by atoms with Crippen LogP contribution in [0.3, 0.4) is 0 Å². The van der Waals surface area contributed by atoms with E-state index in [2.05, 4.69) is 15.1 Å². The molecule has 8 rings (SSSR count). The lowest BCUT2D eigenvalue weighted by molar-refractivity contribution is -0.137. The number of fused-ring (bicyclic) bond motifs is 4. The maximum atomic E-state index is 17.2. The van der Waals surface area contributed by atoms with Crippen LogP contribution in [-0.4, -0.2) is 87.5 Å². The highest BCUT2D eigenvalue weighted by atomic mass is 32.1. The molecule has 18 heteroatoms. The minimum atomic E-state index is -5.14. The normalized spacial score (nSPS) is 20.2. The number of benzene rings is 2. The number of thiophene rings is 1. The number of halogens is 6. The van der Waals surface area contributed by atoms with Crippen molar-refractivity contribution in [3.8, 4) is 23.2 Å². The van der Waals surface area contributed by atoms with Gasteiger partial charge in [0.1, 0.15) is 41.0 Å². The monoisotopic (exact) mass is 755 g/mol. The maximum Gasteiger partial charge on any atom is 0.417 e. The number of nitrogens with zero attached hydrogens (tertiary/aromatic N) is 8. The Labute approximate surface area is 302 Å². The summed E-state index contributed by atoms with van der Waals surface area (Å²) >= 11 is 0.671. The Morgan fingerprint density at radius 1 is 1.21 bits per heavy atom. The van der Waals surface area contributed by atoms with Crippen LogP contribution in [0.4, 0.5) is 37.2 Å². The van der Waals surface area contributed by atoms with E-state index < -0.39 is 51.7 Å². The fourth-order valence-electron chi connectivity index (χ4n) is 7.99. The number of aromatic nitrogens is 4. The van der Waals surface area contributed by atoms with Gasteiger partial charge in [-0.05, 0) is 37.1 Å². The lowest BCUT2D eigenvalue weighted by atomic mass is 9.92. The molecule has 53 heavy (non-hydrogen) atoms. The molecule has 3 aliphatic rings. The van der Waals surface area contributed by atoms with E-state index in [1.165, 1.54) is 11.1 Å². The van der Waals surface area contributed by atoms with Gasteiger partial charge in [0.15, 0.2) is 5.82 Å². The Morgan fingerprint density at radius 2 is 2.00 bits per heavy atom. The first-order valence-corrected chi connectivity index (χ1v) is 17.6. The van der Waals surface area contributed by atoms with Gasteiger partial charge in [-0.1, -0.05) is 6.07 Å². The topological polar surface area (TPSA) is 129 Å². The summed E-state index contributed by atoms with van der Waals surface area (Å²) < 4.78 is 99.6. The Kier molecular flexibility index (Phi) is 8.22. The number of ether oxygens (including phenoxy) is 1. The summed E-state index contributed by atoms with van der Waals surface area (Å²) in [6, 6.07) is 4.10. The fraction of sp³-hybridized carbons (Fsp3) is 0.400. The second-order valence-electron chi connectivity index (χ2n) is 13.8. The van der Waals surface area contributed by atoms with E-state index in [9.17, 15) is 18.8 Å². The molecule has 5 aromatic rings. The Morgan fingerprint density at radius 3 is 2.74 bits per heavy atom. The number of amides is 1. The van der Waals surface area contributed by atoms with Gasteiger partial charge in [-0.15, -0.1) is 11.3 Å². The van der Waals surface area contributed by atoms with Gasteiger partial charge in [0.05, 0.1) is 51.9 Å². The predicted octanol–water partition coefficient (Wildman–Crippen LogP) is 6.14. The molecule has 0 aliphatic carbocycles. The van der Waals surface area contributed by atoms with Gasteiger partial charge in [0.2, 0.25) is 0 Å². The molecule has 2 aromatic carbocycles. The van der Waals surface area contributed by atoms with Crippen molar-refractivity contribution in [2.24, 2.45) is 0 Å². The number of nitrogens with two attached hydrogens (primary N) is 1. The van der Waals surface area contributed by atoms with Crippen LogP contribution in [-0.2, 0) is 19.3 Å². The standard InChI is InChI=1S/C35H31F6N9O2S/c1-47(2)32(51)21-13-44-50-9-8-48(15-24(21)50)31-19-10-22(35(39,40)41)26(18-4-5-23(37)29-25(18)20(12-42)30(43)53-29)27(38)28(19)45-33(46-31)52-16-34-6-3-7-49(34)14-17(36)11-34/h4-5,10,13,17H,3,6-9,11,14-16,43H2,1-2H3. The minimum Gasteiger partial charge on any atom is -0.461 e. The van der Waals surface area contributed by atoms with Crippen molar-refractivity contribution in [3.63, 3.8) is 0 Å². The summed E-state index contributed by atoms with van der Waals surface area (Å²) in [5, 5.41) is 13.5. The van der Waals surface area contributed by atoms with Gasteiger partial charge < -0.3 is 20.3 Å². The highest BCUT2D eigenvalue weighted by Gasteiger charge is 2.49. The zero-order valence-electron chi connectivity index (χ0n) is 28.4. The van der Waals surface area contributed by atoms with Crippen LogP contribution in [0.25, 0.3) is 32.1 Å². The van der Waals surface area contributed by atoms with Crippen LogP contribution in [0.2, 0.25) is 0 Å². The van der Waals surface area contributed by atoms with Crippen molar-refractivity contribution < 1.29 is 35.9 Å². The number of carbonyl (C=O) groups is 1. The predicted molar refractivity (Wildman–Crippen MR) is 184 cm³/mol. The Hall–Kier alpha value is -5.15. The minimum absolute atomic E-state index is 0.0231. The number of nitrogen functional groups attached to an aromatic ring is 1. The van der Waals surface area contributed by atoms with E-state index in [4.69, 9.17) is 10.5 Å². The first kappa shape index (κ1) is 34.9. The van der Waals surface area contributed by atoms with Gasteiger partial charge in [0.25, 0.3) is 5.91 Å². The highest BCUT2D eigenvalue weighted by molar-refractivity contribution is 7.23. The van der Waals surface area contributed by atoms with Gasteiger partial charge >= 0.3 is 12.2 Å². The Bertz CT molecular complexity index is 2370. The lowest BCUT2D eigenvalue weighted by Crippen LogP contribution is -2.43. The van der Waals surface area contributed by atoms with Gasteiger partial charge in [-0.25, -0.2) is 13.2 Å². The number of hydrogen-bond donors (Lipinski definition) is 1. The van der Waals surface area contributed by atoms with Crippen molar-refractivity contribution >= 4 is 49.1 Å². The number of alkyl halides is 4. The quantitative estimate of drug-likeness (QED) is 0.204. The first-order chi connectivity index (χ1) is 25.2. The highest BCUT2D eigenvalue weighted by Crippen LogP contribution is 2.48. The van der Waals surface area contributed by atoms with Crippen molar-refractivity contribution in [1.82, 2.24) is 29.5 Å². The number of hydrogen-bond acceptors (Lipinski definition) is 10. The second-order valence-corrected chi connectivity index (χ2v) is 14.9. The molecule has 0 bridgehead atoms. The third kappa shape index (κ3) is 5.59. The van der Waals surface area contributed by atoms with E-state index in [1.54, 1.807) is 23.7 Å². The number of anilines is 2. The summed E-state index contributed by atoms with van der Waals surface area (Å²) in [6.45, 7) is 1.24. The zero-order valence-corrected chi connectivity index (χ0v) is 29.2. The molecule has 2 fully saturated rings. The van der Waals surface area contributed by atoms with Crippen LogP contribution in [0.15, 0.2) is 24.4 Å². The van der Waals surface area contributed by atoms with Gasteiger partial charge in [0, 0.05) is 49.9 Å². The van der Waals surface area contributed by atoms with E-state index in [0.29, 0.717) is 30.0 Å². The molecule has 2 N–H and O–H groups in total. The summed E-state index contributed by atoms with van der Waals surface area (Å²) in [4.78, 5) is 26.9. The SMILES string of the molecule is CN(C)C(=O)c1cnn2c1CN(c1nc(OCC34CCCN3CC(F)C4)nc3c(F)c(-c4ccc(F)c5sc(N)c(C#N)c45)c(C(F)(F)F)cc13)CC2. The molecule has 0 radical (unpaired) electrons. The number of nitriles is 1. The molecule has 3 aromatic heterocycles. The lowest BCUT2D eigenvalue weighted by Gasteiger charge is -2.32. The summed E-state index contributed by atoms with van der Waals surface area (Å²) in [5.74, 6) is -2.66. The van der Waals surface area contributed by atoms with Crippen molar-refractivity contribution in [1.29, 1.82) is 5.26 Å². The molecule has 11 nitrogen and oxygen atoms in total. The molecule has 2 unspecified atom stereocenters. The molecule has 3 aliphatic heterocycles. The smallest absolute Gasteiger partial charge is 0.417 e. The molecule has 1 amide bonds. The Balaban J connectivity index is 1.34. The van der Waals surface area contributed by atoms with Gasteiger partial charge in [-0.3, -0.25) is 14.4 Å². The molecule has 2 atom stereocenters. The van der Waals surface area contributed by atoms with Gasteiger partial charge in [-0.2, -0.15) is 33.5 Å². The average molecular weight is 756 g/mol. The van der Waals surface area contributed by atoms with Crippen LogP contribution in [0.1, 0.15) is 46.4 Å². The second kappa shape index (κ2) is 12.5. The molecule has 0 spiro atoms. The summed E-state index contributed by atoms with van der Waals surface area (Å²) in [5.41, 5.74) is 2.53. The average Bonchev–Trinajstić information content (AvgIpc) is 3.87. The van der Waals surface area contributed by atoms with Crippen LogP contribution in [0, 0.1) is 23.0 Å². The van der Waals surface area contributed by atoms with Crippen molar-refractivity contribution in [3.05, 3.63) is 58.4 Å². The van der Waals surface area contributed by atoms with Crippen LogP contribution in [0.5, 0.6) is 6.01 Å². The molecule has 0 saturated carbocycles. The third-order valence-corrected chi connectivity index (χ3v) is 11.5. The van der Waals surface area contributed by atoms with E-state index in [0.717, 1.165) is 24.6 Å². The molecule has 6 heterocycles. The summed E-state index contributed by atoms with van der Waals surface area (Å²) in [7, 11) is 3.15. The molecular formula is C35H31F6N9O2S. The molecular weight excluding hydrogens is 725 g/mol. The molecule has 2 saturated heterocycles. The third-order valence-electron chi connectivity index (χ3n) is 10.4. The van der Waals surface area contributed by atoms with E-state index in [1.807, 2.05) is 11.0 Å². The largest absolute Gasteiger partial charge is 0.461 e. The van der Waals surface area contributed by atoms with Crippen LogP contribution < -0.4 is 15.4 Å². The fourth-order valence-corrected chi connectivity index (χ4v) is 8.93. The van der Waals surface area contributed by atoms with E-state index in [-0.39, 0.29) is 88.5 Å². The maximum absolute atomic E-state index is 17.2. The number of carbonyl (C=O) groups excluding carboxylic acids is 1. The van der Waals surface area contributed by atoms with Crippen molar-refractivity contribution in [2.75, 3.05) is 51.0 Å². The zero-order chi connectivity index (χ0) is 37.6. The number of rotatable bonds is 6.